The largest absolute Gasteiger partial charge is 0.378 e. The van der Waals surface area contributed by atoms with Crippen LogP contribution in [-0.4, -0.2) is 37.9 Å². The molecule has 0 radical (unpaired) electrons. The number of aromatic nitrogens is 2. The number of sulfonamides is 1. The first-order valence-electron chi connectivity index (χ1n) is 5.73. The van der Waals surface area contributed by atoms with Crippen LogP contribution in [0.15, 0.2) is 17.3 Å². The topological polar surface area (TPSA) is 84.1 Å². The molecular formula is C10H17N3O3S. The zero-order chi connectivity index (χ0) is 12.3. The molecule has 0 bridgehead atoms. The van der Waals surface area contributed by atoms with Gasteiger partial charge in [0.25, 0.3) is 0 Å². The summed E-state index contributed by atoms with van der Waals surface area (Å²) in [5, 5.41) is 6.12. The summed E-state index contributed by atoms with van der Waals surface area (Å²) in [5.74, 6) is 0.265. The maximum Gasteiger partial charge on any atom is 0.243 e. The van der Waals surface area contributed by atoms with Crippen molar-refractivity contribution in [3.05, 3.63) is 12.4 Å². The van der Waals surface area contributed by atoms with E-state index in [0.29, 0.717) is 6.54 Å². The van der Waals surface area contributed by atoms with Crippen molar-refractivity contribution in [2.24, 2.45) is 5.92 Å². The van der Waals surface area contributed by atoms with Crippen LogP contribution in [0.1, 0.15) is 19.8 Å². The van der Waals surface area contributed by atoms with E-state index in [-0.39, 0.29) is 16.9 Å². The molecule has 0 aromatic carbocycles. The Bertz CT molecular complexity index is 443. The Morgan fingerprint density at radius 1 is 1.65 bits per heavy atom. The van der Waals surface area contributed by atoms with Crippen molar-refractivity contribution in [1.29, 1.82) is 0 Å². The standard InChI is InChI=1S/C10H17N3O3S/c1-2-10-8(3-4-16-10)5-13-17(14,15)9-6-11-12-7-9/h6-8,10,13H,2-5H2,1H3,(H,11,12). The minimum Gasteiger partial charge on any atom is -0.378 e. The van der Waals surface area contributed by atoms with E-state index in [4.69, 9.17) is 4.74 Å². The molecule has 0 aliphatic carbocycles. The molecule has 1 aromatic rings. The van der Waals surface area contributed by atoms with Crippen molar-refractivity contribution < 1.29 is 13.2 Å². The van der Waals surface area contributed by atoms with Crippen LogP contribution in [0.3, 0.4) is 0 Å². The Kier molecular flexibility index (Phi) is 3.80. The summed E-state index contributed by atoms with van der Waals surface area (Å²) < 4.78 is 31.8. The fraction of sp³-hybridized carbons (Fsp3) is 0.700. The van der Waals surface area contributed by atoms with Crippen LogP contribution < -0.4 is 4.72 Å². The van der Waals surface area contributed by atoms with Crippen LogP contribution in [0.2, 0.25) is 0 Å². The summed E-state index contributed by atoms with van der Waals surface area (Å²) in [6.07, 6.45) is 4.65. The van der Waals surface area contributed by atoms with E-state index in [1.54, 1.807) is 0 Å². The van der Waals surface area contributed by atoms with Gasteiger partial charge >= 0.3 is 0 Å². The second kappa shape index (κ2) is 5.16. The molecule has 1 aliphatic heterocycles. The van der Waals surface area contributed by atoms with Crippen molar-refractivity contribution in [2.75, 3.05) is 13.2 Å². The second-order valence-electron chi connectivity index (χ2n) is 4.15. The number of nitrogens with zero attached hydrogens (tertiary/aromatic N) is 1. The summed E-state index contributed by atoms with van der Waals surface area (Å²) in [4.78, 5) is 0.171. The molecule has 0 amide bonds. The molecule has 2 atom stereocenters. The summed E-state index contributed by atoms with van der Waals surface area (Å²) in [6.45, 7) is 3.19. The Morgan fingerprint density at radius 3 is 3.12 bits per heavy atom. The highest BCUT2D eigenvalue weighted by Crippen LogP contribution is 2.23. The van der Waals surface area contributed by atoms with Gasteiger partial charge in [-0.25, -0.2) is 13.1 Å². The molecule has 2 rings (SSSR count). The summed E-state index contributed by atoms with van der Waals surface area (Å²) >= 11 is 0. The number of nitrogens with one attached hydrogen (secondary N) is 2. The van der Waals surface area contributed by atoms with Gasteiger partial charge in [-0.05, 0) is 12.8 Å². The summed E-state index contributed by atoms with van der Waals surface area (Å²) in [5.41, 5.74) is 0. The molecule has 1 saturated heterocycles. The van der Waals surface area contributed by atoms with Crippen LogP contribution in [-0.2, 0) is 14.8 Å². The van der Waals surface area contributed by atoms with Crippen molar-refractivity contribution in [3.8, 4) is 0 Å². The fourth-order valence-corrected chi connectivity index (χ4v) is 3.06. The van der Waals surface area contributed by atoms with Gasteiger partial charge in [-0.3, -0.25) is 5.10 Å². The lowest BCUT2D eigenvalue weighted by molar-refractivity contribution is 0.0884. The fourth-order valence-electron chi connectivity index (χ4n) is 2.06. The van der Waals surface area contributed by atoms with E-state index in [2.05, 4.69) is 14.9 Å². The molecule has 1 fully saturated rings. The van der Waals surface area contributed by atoms with E-state index in [1.807, 2.05) is 6.92 Å². The molecule has 0 spiro atoms. The van der Waals surface area contributed by atoms with Gasteiger partial charge in [0.1, 0.15) is 4.90 Å². The molecule has 1 aromatic heterocycles. The molecule has 1 aliphatic rings. The number of rotatable bonds is 5. The number of aromatic amines is 1. The van der Waals surface area contributed by atoms with E-state index in [0.717, 1.165) is 19.4 Å². The van der Waals surface area contributed by atoms with Gasteiger partial charge in [0.2, 0.25) is 10.0 Å². The van der Waals surface area contributed by atoms with Gasteiger partial charge in [-0.15, -0.1) is 0 Å². The molecule has 0 saturated carbocycles. The maximum absolute atomic E-state index is 11.8. The van der Waals surface area contributed by atoms with Crippen molar-refractivity contribution in [2.45, 2.75) is 30.8 Å². The molecule has 2 unspecified atom stereocenters. The normalized spacial score (nSPS) is 25.2. The minimum absolute atomic E-state index is 0.169. The van der Waals surface area contributed by atoms with Crippen LogP contribution in [0.4, 0.5) is 0 Å². The van der Waals surface area contributed by atoms with E-state index in [1.165, 1.54) is 12.4 Å². The average Bonchev–Trinajstić information content (AvgIpc) is 2.97. The minimum atomic E-state index is -3.44. The molecular weight excluding hydrogens is 242 g/mol. The molecule has 6 nitrogen and oxygen atoms in total. The summed E-state index contributed by atoms with van der Waals surface area (Å²) in [7, 11) is -3.44. The number of H-pyrrole nitrogens is 1. The maximum atomic E-state index is 11.8. The van der Waals surface area contributed by atoms with Gasteiger partial charge in [0, 0.05) is 25.3 Å². The molecule has 7 heteroatoms. The zero-order valence-corrected chi connectivity index (χ0v) is 10.5. The van der Waals surface area contributed by atoms with Gasteiger partial charge in [-0.2, -0.15) is 5.10 Å². The third-order valence-corrected chi connectivity index (χ3v) is 4.46. The van der Waals surface area contributed by atoms with E-state index in [9.17, 15) is 8.42 Å². The first-order chi connectivity index (χ1) is 8.13. The predicted molar refractivity (Wildman–Crippen MR) is 61.9 cm³/mol. The highest BCUT2D eigenvalue weighted by atomic mass is 32.2. The highest BCUT2D eigenvalue weighted by Gasteiger charge is 2.28. The van der Waals surface area contributed by atoms with Crippen molar-refractivity contribution in [3.63, 3.8) is 0 Å². The third kappa shape index (κ3) is 2.85. The lowest BCUT2D eigenvalue weighted by Crippen LogP contribution is -2.32. The predicted octanol–water partition coefficient (Wildman–Crippen LogP) is 0.503. The SMILES string of the molecule is CCC1OCCC1CNS(=O)(=O)c1cn[nH]c1. The second-order valence-corrected chi connectivity index (χ2v) is 5.92. The first-order valence-corrected chi connectivity index (χ1v) is 7.22. The van der Waals surface area contributed by atoms with Gasteiger partial charge in [-0.1, -0.05) is 6.92 Å². The average molecular weight is 259 g/mol. The van der Waals surface area contributed by atoms with Crippen LogP contribution in [0.5, 0.6) is 0 Å². The molecule has 17 heavy (non-hydrogen) atoms. The van der Waals surface area contributed by atoms with Crippen molar-refractivity contribution in [1.82, 2.24) is 14.9 Å². The molecule has 2 heterocycles. The molecule has 96 valence electrons. The lowest BCUT2D eigenvalue weighted by Gasteiger charge is -2.16. The Hall–Kier alpha value is -0.920. The Morgan fingerprint density at radius 2 is 2.47 bits per heavy atom. The smallest absolute Gasteiger partial charge is 0.243 e. The summed E-state index contributed by atoms with van der Waals surface area (Å²) in [6, 6.07) is 0. The number of ether oxygens (including phenoxy) is 1. The van der Waals surface area contributed by atoms with Crippen molar-refractivity contribution >= 4 is 10.0 Å². The van der Waals surface area contributed by atoms with Crippen LogP contribution in [0, 0.1) is 5.92 Å². The van der Waals surface area contributed by atoms with E-state index >= 15 is 0 Å². The first kappa shape index (κ1) is 12.5. The number of hydrogen-bond donors (Lipinski definition) is 2. The van der Waals surface area contributed by atoms with Gasteiger partial charge < -0.3 is 4.74 Å². The van der Waals surface area contributed by atoms with E-state index < -0.39 is 10.0 Å². The highest BCUT2D eigenvalue weighted by molar-refractivity contribution is 7.89. The number of hydrogen-bond acceptors (Lipinski definition) is 4. The van der Waals surface area contributed by atoms with Crippen LogP contribution >= 0.6 is 0 Å². The Labute approximate surface area is 101 Å². The van der Waals surface area contributed by atoms with Crippen LogP contribution in [0.25, 0.3) is 0 Å². The molecule has 2 N–H and O–H groups in total. The lowest BCUT2D eigenvalue weighted by atomic mass is 10.0. The monoisotopic (exact) mass is 259 g/mol. The third-order valence-electron chi connectivity index (χ3n) is 3.07. The van der Waals surface area contributed by atoms with Gasteiger partial charge in [0.15, 0.2) is 0 Å². The zero-order valence-electron chi connectivity index (χ0n) is 9.72. The van der Waals surface area contributed by atoms with Gasteiger partial charge in [0.05, 0.1) is 12.3 Å². The quantitative estimate of drug-likeness (QED) is 0.806. The Balaban J connectivity index is 1.94.